The van der Waals surface area contributed by atoms with E-state index in [-0.39, 0.29) is 5.41 Å². The minimum Gasteiger partial charge on any atom is -0.423 e. The fourth-order valence-corrected chi connectivity index (χ4v) is 2.35. The zero-order chi connectivity index (χ0) is 11.9. The highest BCUT2D eigenvalue weighted by atomic mass is 16.4. The van der Waals surface area contributed by atoms with Crippen molar-refractivity contribution in [2.45, 2.75) is 13.3 Å². The van der Waals surface area contributed by atoms with E-state index >= 15 is 0 Å². The standard InChI is InChI=1S/C13H17N3O/c1-13(8-14)6-7-16(9-13)12-15-10-4-2-3-5-11(10)17-12/h2-5H,6-9,14H2,1H3. The van der Waals surface area contributed by atoms with E-state index in [1.54, 1.807) is 0 Å². The molecule has 0 saturated carbocycles. The second-order valence-electron chi connectivity index (χ2n) is 5.15. The number of nitrogens with zero attached hydrogens (tertiary/aromatic N) is 2. The number of hydrogen-bond acceptors (Lipinski definition) is 4. The molecule has 3 rings (SSSR count). The van der Waals surface area contributed by atoms with Crippen molar-refractivity contribution in [2.75, 3.05) is 24.5 Å². The molecule has 1 aliphatic heterocycles. The summed E-state index contributed by atoms with van der Waals surface area (Å²) in [7, 11) is 0. The Bertz CT molecular complexity index is 503. The van der Waals surface area contributed by atoms with Crippen molar-refractivity contribution in [3.05, 3.63) is 24.3 Å². The number of fused-ring (bicyclic) bond motifs is 1. The SMILES string of the molecule is CC1(CN)CCN(c2nc3ccccc3o2)C1. The maximum Gasteiger partial charge on any atom is 0.298 e. The molecule has 1 fully saturated rings. The molecule has 1 aromatic heterocycles. The van der Waals surface area contributed by atoms with Crippen molar-refractivity contribution in [1.29, 1.82) is 0 Å². The first-order chi connectivity index (χ1) is 8.20. The molecule has 1 saturated heterocycles. The maximum atomic E-state index is 5.81. The van der Waals surface area contributed by atoms with Crippen LogP contribution in [0.2, 0.25) is 0 Å². The number of rotatable bonds is 2. The van der Waals surface area contributed by atoms with E-state index in [2.05, 4.69) is 16.8 Å². The van der Waals surface area contributed by atoms with Crippen molar-refractivity contribution < 1.29 is 4.42 Å². The van der Waals surface area contributed by atoms with Crippen molar-refractivity contribution in [3.8, 4) is 0 Å². The predicted octanol–water partition coefficient (Wildman–Crippen LogP) is 2.00. The summed E-state index contributed by atoms with van der Waals surface area (Å²) in [6.45, 7) is 4.83. The average Bonchev–Trinajstić information content (AvgIpc) is 2.93. The number of anilines is 1. The molecular formula is C13H17N3O. The van der Waals surface area contributed by atoms with Crippen LogP contribution < -0.4 is 10.6 Å². The summed E-state index contributed by atoms with van der Waals surface area (Å²) in [4.78, 5) is 6.70. The molecule has 1 aromatic carbocycles. The lowest BCUT2D eigenvalue weighted by molar-refractivity contribution is 0.381. The molecule has 90 valence electrons. The van der Waals surface area contributed by atoms with Gasteiger partial charge in [-0.25, -0.2) is 0 Å². The molecular weight excluding hydrogens is 214 g/mol. The van der Waals surface area contributed by atoms with Crippen molar-refractivity contribution in [2.24, 2.45) is 11.1 Å². The molecule has 4 heteroatoms. The van der Waals surface area contributed by atoms with E-state index in [1.165, 1.54) is 0 Å². The molecule has 4 nitrogen and oxygen atoms in total. The van der Waals surface area contributed by atoms with Crippen LogP contribution in [0.5, 0.6) is 0 Å². The van der Waals surface area contributed by atoms with Crippen molar-refractivity contribution >= 4 is 17.1 Å². The summed E-state index contributed by atoms with van der Waals surface area (Å²) in [6.07, 6.45) is 1.10. The van der Waals surface area contributed by atoms with Gasteiger partial charge < -0.3 is 15.1 Å². The van der Waals surface area contributed by atoms with E-state index < -0.39 is 0 Å². The van der Waals surface area contributed by atoms with Crippen LogP contribution in [0.3, 0.4) is 0 Å². The van der Waals surface area contributed by atoms with Gasteiger partial charge in [0.15, 0.2) is 5.58 Å². The molecule has 1 unspecified atom stereocenters. The zero-order valence-electron chi connectivity index (χ0n) is 10.0. The molecule has 1 atom stereocenters. The molecule has 1 aliphatic rings. The number of hydrogen-bond donors (Lipinski definition) is 1. The summed E-state index contributed by atoms with van der Waals surface area (Å²) in [5.41, 5.74) is 7.77. The molecule has 0 aliphatic carbocycles. The van der Waals surface area contributed by atoms with Crippen LogP contribution in [0.25, 0.3) is 11.1 Å². The number of benzene rings is 1. The highest BCUT2D eigenvalue weighted by Crippen LogP contribution is 2.33. The van der Waals surface area contributed by atoms with Gasteiger partial charge in [0, 0.05) is 13.1 Å². The fraction of sp³-hybridized carbons (Fsp3) is 0.462. The van der Waals surface area contributed by atoms with Gasteiger partial charge in [-0.2, -0.15) is 4.98 Å². The van der Waals surface area contributed by atoms with E-state index in [9.17, 15) is 0 Å². The second-order valence-corrected chi connectivity index (χ2v) is 5.15. The monoisotopic (exact) mass is 231 g/mol. The normalized spacial score (nSPS) is 24.7. The van der Waals surface area contributed by atoms with Gasteiger partial charge in [0.2, 0.25) is 0 Å². The molecule has 2 N–H and O–H groups in total. The van der Waals surface area contributed by atoms with Gasteiger partial charge in [-0.3, -0.25) is 0 Å². The molecule has 0 bridgehead atoms. The Morgan fingerprint density at radius 2 is 2.29 bits per heavy atom. The van der Waals surface area contributed by atoms with Crippen LogP contribution in [0.1, 0.15) is 13.3 Å². The number of oxazole rings is 1. The van der Waals surface area contributed by atoms with Crippen molar-refractivity contribution in [1.82, 2.24) is 4.98 Å². The van der Waals surface area contributed by atoms with Crippen LogP contribution in [-0.2, 0) is 0 Å². The minimum atomic E-state index is 0.195. The van der Waals surface area contributed by atoms with Gasteiger partial charge >= 0.3 is 0 Å². The number of aromatic nitrogens is 1. The Hall–Kier alpha value is -1.55. The molecule has 0 amide bonds. The summed E-state index contributed by atoms with van der Waals surface area (Å²) >= 11 is 0. The Kier molecular flexibility index (Phi) is 2.33. The fourth-order valence-electron chi connectivity index (χ4n) is 2.35. The van der Waals surface area contributed by atoms with Gasteiger partial charge in [-0.15, -0.1) is 0 Å². The van der Waals surface area contributed by atoms with Gasteiger partial charge in [-0.1, -0.05) is 19.1 Å². The third-order valence-electron chi connectivity index (χ3n) is 3.60. The largest absolute Gasteiger partial charge is 0.423 e. The first kappa shape index (κ1) is 10.6. The van der Waals surface area contributed by atoms with Crippen LogP contribution >= 0.6 is 0 Å². The molecule has 2 heterocycles. The summed E-state index contributed by atoms with van der Waals surface area (Å²) in [5.74, 6) is 0. The predicted molar refractivity (Wildman–Crippen MR) is 68.0 cm³/mol. The van der Waals surface area contributed by atoms with E-state index in [0.29, 0.717) is 6.54 Å². The average molecular weight is 231 g/mol. The Balaban J connectivity index is 1.90. The van der Waals surface area contributed by atoms with Crippen LogP contribution in [0.4, 0.5) is 6.01 Å². The Morgan fingerprint density at radius 1 is 1.47 bits per heavy atom. The Morgan fingerprint density at radius 3 is 3.00 bits per heavy atom. The van der Waals surface area contributed by atoms with Gasteiger partial charge in [0.1, 0.15) is 5.52 Å². The van der Waals surface area contributed by atoms with Gasteiger partial charge in [0.05, 0.1) is 0 Å². The van der Waals surface area contributed by atoms with Crippen LogP contribution in [0.15, 0.2) is 28.7 Å². The van der Waals surface area contributed by atoms with E-state index in [1.807, 2.05) is 24.3 Å². The van der Waals surface area contributed by atoms with Crippen LogP contribution in [-0.4, -0.2) is 24.6 Å². The smallest absolute Gasteiger partial charge is 0.298 e. The summed E-state index contributed by atoms with van der Waals surface area (Å²) in [5, 5.41) is 0. The minimum absolute atomic E-state index is 0.195. The lowest BCUT2D eigenvalue weighted by Gasteiger charge is -2.21. The molecule has 17 heavy (non-hydrogen) atoms. The molecule has 2 aromatic rings. The number of nitrogens with two attached hydrogens (primary N) is 1. The highest BCUT2D eigenvalue weighted by Gasteiger charge is 2.34. The first-order valence-electron chi connectivity index (χ1n) is 6.01. The molecule has 0 radical (unpaired) electrons. The lowest BCUT2D eigenvalue weighted by Crippen LogP contribution is -2.31. The topological polar surface area (TPSA) is 55.3 Å². The van der Waals surface area contributed by atoms with Gasteiger partial charge in [-0.05, 0) is 30.5 Å². The van der Waals surface area contributed by atoms with Gasteiger partial charge in [0.25, 0.3) is 6.01 Å². The summed E-state index contributed by atoms with van der Waals surface area (Å²) in [6, 6.07) is 8.58. The first-order valence-corrected chi connectivity index (χ1v) is 6.01. The third kappa shape index (κ3) is 1.78. The molecule has 0 spiro atoms. The zero-order valence-corrected chi connectivity index (χ0v) is 10.0. The summed E-state index contributed by atoms with van der Waals surface area (Å²) < 4.78 is 5.76. The van der Waals surface area contributed by atoms with E-state index in [4.69, 9.17) is 10.2 Å². The van der Waals surface area contributed by atoms with E-state index in [0.717, 1.165) is 36.6 Å². The quantitative estimate of drug-likeness (QED) is 0.859. The van der Waals surface area contributed by atoms with Crippen molar-refractivity contribution in [3.63, 3.8) is 0 Å². The third-order valence-corrected chi connectivity index (χ3v) is 3.60. The highest BCUT2D eigenvalue weighted by molar-refractivity contribution is 5.74. The number of para-hydroxylation sites is 2. The van der Waals surface area contributed by atoms with Crippen LogP contribution in [0, 0.1) is 5.41 Å². The Labute approximate surface area is 100 Å². The maximum absolute atomic E-state index is 5.81. The second kappa shape index (κ2) is 3.74. The lowest BCUT2D eigenvalue weighted by atomic mass is 9.90.